The van der Waals surface area contributed by atoms with Crippen LogP contribution in [0.15, 0.2) is 12.4 Å². The van der Waals surface area contributed by atoms with Crippen molar-refractivity contribution in [3.8, 4) is 0 Å². The first-order chi connectivity index (χ1) is 8.08. The first-order valence-electron chi connectivity index (χ1n) is 6.09. The number of aromatic nitrogens is 2. The van der Waals surface area contributed by atoms with Gasteiger partial charge in [0.2, 0.25) is 0 Å². The van der Waals surface area contributed by atoms with E-state index in [1.807, 2.05) is 0 Å². The highest BCUT2D eigenvalue weighted by Crippen LogP contribution is 2.23. The second-order valence-corrected chi connectivity index (χ2v) is 4.88. The van der Waals surface area contributed by atoms with E-state index in [9.17, 15) is 4.79 Å². The number of carboxylic acid groups (broad SMARTS) is 1. The van der Waals surface area contributed by atoms with E-state index >= 15 is 0 Å². The highest BCUT2D eigenvalue weighted by molar-refractivity contribution is 5.86. The molecule has 94 valence electrons. The van der Waals surface area contributed by atoms with E-state index in [-0.39, 0.29) is 5.56 Å². The van der Waals surface area contributed by atoms with Crippen LogP contribution in [0.2, 0.25) is 0 Å². The smallest absolute Gasteiger partial charge is 0.338 e. The van der Waals surface area contributed by atoms with Gasteiger partial charge < -0.3 is 10.0 Å². The number of hydrogen-bond acceptors (Lipinski definition) is 3. The highest BCUT2D eigenvalue weighted by Gasteiger charge is 2.22. The van der Waals surface area contributed by atoms with Gasteiger partial charge in [-0.25, -0.2) is 4.79 Å². The Morgan fingerprint density at radius 2 is 2.12 bits per heavy atom. The Morgan fingerprint density at radius 3 is 2.59 bits per heavy atom. The van der Waals surface area contributed by atoms with Crippen molar-refractivity contribution in [3.05, 3.63) is 18.0 Å². The number of likely N-dealkylation sites (tertiary alicyclic amines) is 1. The molecule has 1 aromatic rings. The highest BCUT2D eigenvalue weighted by atomic mass is 16.4. The minimum atomic E-state index is -0.907. The molecule has 0 amide bonds. The van der Waals surface area contributed by atoms with Gasteiger partial charge in [-0.2, -0.15) is 5.10 Å². The van der Waals surface area contributed by atoms with Crippen LogP contribution in [0.3, 0.4) is 0 Å². The molecule has 0 radical (unpaired) electrons. The first-order valence-corrected chi connectivity index (χ1v) is 6.09. The van der Waals surface area contributed by atoms with Crippen molar-refractivity contribution in [2.75, 3.05) is 13.1 Å². The predicted molar refractivity (Wildman–Crippen MR) is 64.2 cm³/mol. The normalized spacial score (nSPS) is 18.8. The average molecular weight is 237 g/mol. The Bertz CT molecular complexity index is 392. The molecule has 0 spiro atoms. The lowest BCUT2D eigenvalue weighted by atomic mass is 10.0. The lowest BCUT2D eigenvalue weighted by molar-refractivity contribution is 0.0696. The summed E-state index contributed by atoms with van der Waals surface area (Å²) in [6.45, 7) is 6.53. The molecule has 5 nitrogen and oxygen atoms in total. The maximum atomic E-state index is 10.8. The minimum Gasteiger partial charge on any atom is -0.478 e. The van der Waals surface area contributed by atoms with Crippen LogP contribution < -0.4 is 0 Å². The zero-order valence-corrected chi connectivity index (χ0v) is 10.3. The van der Waals surface area contributed by atoms with Gasteiger partial charge in [-0.3, -0.25) is 4.68 Å². The fourth-order valence-electron chi connectivity index (χ4n) is 2.31. The molecule has 0 aliphatic carbocycles. The van der Waals surface area contributed by atoms with E-state index in [1.165, 1.54) is 6.20 Å². The van der Waals surface area contributed by atoms with Crippen molar-refractivity contribution in [1.29, 1.82) is 0 Å². The molecule has 1 N–H and O–H groups in total. The zero-order valence-electron chi connectivity index (χ0n) is 10.3. The lowest BCUT2D eigenvalue weighted by Gasteiger charge is -2.34. The molecule has 0 bridgehead atoms. The van der Waals surface area contributed by atoms with Crippen LogP contribution in [0.1, 0.15) is 43.1 Å². The quantitative estimate of drug-likeness (QED) is 0.868. The van der Waals surface area contributed by atoms with E-state index in [2.05, 4.69) is 23.8 Å². The van der Waals surface area contributed by atoms with Crippen LogP contribution in [-0.2, 0) is 0 Å². The van der Waals surface area contributed by atoms with Crippen LogP contribution in [0.25, 0.3) is 0 Å². The summed E-state index contributed by atoms with van der Waals surface area (Å²) in [7, 11) is 0. The molecule has 1 saturated heterocycles. The molecular formula is C12H19N3O2. The van der Waals surface area contributed by atoms with Gasteiger partial charge in [-0.05, 0) is 26.7 Å². The second kappa shape index (κ2) is 4.87. The molecule has 17 heavy (non-hydrogen) atoms. The third kappa shape index (κ3) is 2.66. The summed E-state index contributed by atoms with van der Waals surface area (Å²) in [5, 5.41) is 13.0. The Labute approximate surface area is 101 Å². The Hall–Kier alpha value is -1.36. The van der Waals surface area contributed by atoms with Gasteiger partial charge in [-0.15, -0.1) is 0 Å². The SMILES string of the molecule is CC(C)N1CCC(n2cc(C(=O)O)cn2)CC1. The molecule has 1 aromatic heterocycles. The Kier molecular flexibility index (Phi) is 3.47. The molecular weight excluding hydrogens is 218 g/mol. The molecule has 2 heterocycles. The topological polar surface area (TPSA) is 58.4 Å². The van der Waals surface area contributed by atoms with Crippen LogP contribution in [0.4, 0.5) is 0 Å². The van der Waals surface area contributed by atoms with Crippen molar-refractivity contribution in [2.24, 2.45) is 0 Å². The molecule has 1 aliphatic heterocycles. The second-order valence-electron chi connectivity index (χ2n) is 4.88. The summed E-state index contributed by atoms with van der Waals surface area (Å²) in [6, 6.07) is 0.932. The van der Waals surface area contributed by atoms with Crippen molar-refractivity contribution >= 4 is 5.97 Å². The monoisotopic (exact) mass is 237 g/mol. The summed E-state index contributed by atoms with van der Waals surface area (Å²) < 4.78 is 1.81. The standard InChI is InChI=1S/C12H19N3O2/c1-9(2)14-5-3-11(4-6-14)15-8-10(7-13-15)12(16)17/h7-9,11H,3-6H2,1-2H3,(H,16,17). The van der Waals surface area contributed by atoms with Crippen LogP contribution in [0, 0.1) is 0 Å². The summed E-state index contributed by atoms with van der Waals surface area (Å²) in [5.74, 6) is -0.907. The molecule has 0 aromatic carbocycles. The van der Waals surface area contributed by atoms with Crippen molar-refractivity contribution in [1.82, 2.24) is 14.7 Å². The zero-order chi connectivity index (χ0) is 12.4. The fourth-order valence-corrected chi connectivity index (χ4v) is 2.31. The van der Waals surface area contributed by atoms with Gasteiger partial charge in [0, 0.05) is 25.3 Å². The van der Waals surface area contributed by atoms with E-state index < -0.39 is 5.97 Å². The van der Waals surface area contributed by atoms with Crippen LogP contribution >= 0.6 is 0 Å². The molecule has 1 fully saturated rings. The number of aromatic carboxylic acids is 1. The first kappa shape index (κ1) is 12.1. The van der Waals surface area contributed by atoms with Gasteiger partial charge in [0.15, 0.2) is 0 Å². The lowest BCUT2D eigenvalue weighted by Crippen LogP contribution is -2.39. The third-order valence-corrected chi connectivity index (χ3v) is 3.45. The Balaban J connectivity index is 1.98. The van der Waals surface area contributed by atoms with Gasteiger partial charge in [-0.1, -0.05) is 0 Å². The molecule has 5 heteroatoms. The van der Waals surface area contributed by atoms with Gasteiger partial charge in [0.1, 0.15) is 0 Å². The van der Waals surface area contributed by atoms with Crippen LogP contribution in [0.5, 0.6) is 0 Å². The maximum Gasteiger partial charge on any atom is 0.338 e. The van der Waals surface area contributed by atoms with Gasteiger partial charge in [0.25, 0.3) is 0 Å². The number of hydrogen-bond donors (Lipinski definition) is 1. The van der Waals surface area contributed by atoms with Crippen molar-refractivity contribution in [3.63, 3.8) is 0 Å². The largest absolute Gasteiger partial charge is 0.478 e. The number of nitrogens with zero attached hydrogens (tertiary/aromatic N) is 3. The molecule has 0 saturated carbocycles. The van der Waals surface area contributed by atoms with Crippen molar-refractivity contribution < 1.29 is 9.90 Å². The number of piperidine rings is 1. The maximum absolute atomic E-state index is 10.8. The van der Waals surface area contributed by atoms with E-state index in [0.717, 1.165) is 25.9 Å². The van der Waals surface area contributed by atoms with Crippen LogP contribution in [-0.4, -0.2) is 44.9 Å². The van der Waals surface area contributed by atoms with E-state index in [4.69, 9.17) is 5.11 Å². The summed E-state index contributed by atoms with van der Waals surface area (Å²) in [4.78, 5) is 13.2. The third-order valence-electron chi connectivity index (χ3n) is 3.45. The molecule has 1 aliphatic rings. The summed E-state index contributed by atoms with van der Waals surface area (Å²) in [6.07, 6.45) is 5.15. The summed E-state index contributed by atoms with van der Waals surface area (Å²) >= 11 is 0. The number of carboxylic acids is 1. The predicted octanol–water partition coefficient (Wildman–Crippen LogP) is 1.63. The fraction of sp³-hybridized carbons (Fsp3) is 0.667. The molecule has 0 atom stereocenters. The van der Waals surface area contributed by atoms with Gasteiger partial charge in [0.05, 0.1) is 17.8 Å². The van der Waals surface area contributed by atoms with E-state index in [0.29, 0.717) is 12.1 Å². The van der Waals surface area contributed by atoms with Gasteiger partial charge >= 0.3 is 5.97 Å². The summed E-state index contributed by atoms with van der Waals surface area (Å²) in [5.41, 5.74) is 0.274. The Morgan fingerprint density at radius 1 is 1.47 bits per heavy atom. The number of rotatable bonds is 3. The average Bonchev–Trinajstić information content (AvgIpc) is 2.78. The van der Waals surface area contributed by atoms with Crippen molar-refractivity contribution in [2.45, 2.75) is 38.8 Å². The molecule has 2 rings (SSSR count). The molecule has 0 unspecified atom stereocenters. The minimum absolute atomic E-state index is 0.274. The number of carbonyl (C=O) groups is 1. The van der Waals surface area contributed by atoms with E-state index in [1.54, 1.807) is 10.9 Å².